The largest absolute Gasteiger partial charge is 0.326 e. The zero-order valence-corrected chi connectivity index (χ0v) is 16.6. The van der Waals surface area contributed by atoms with Gasteiger partial charge >= 0.3 is 0 Å². The van der Waals surface area contributed by atoms with Crippen LogP contribution in [0.1, 0.15) is 13.3 Å². The van der Waals surface area contributed by atoms with Gasteiger partial charge in [-0.15, -0.1) is 21.5 Å². The second kappa shape index (κ2) is 8.83. The van der Waals surface area contributed by atoms with Crippen molar-refractivity contribution in [1.82, 2.24) is 14.8 Å². The molecule has 3 aromatic rings. The lowest BCUT2D eigenvalue weighted by atomic mass is 10.2. The maximum atomic E-state index is 12.2. The summed E-state index contributed by atoms with van der Waals surface area (Å²) in [5.74, 6) is 0.770. The summed E-state index contributed by atoms with van der Waals surface area (Å²) < 4.78 is 1.88. The van der Waals surface area contributed by atoms with Crippen LogP contribution in [0.5, 0.6) is 0 Å². The van der Waals surface area contributed by atoms with Gasteiger partial charge in [0, 0.05) is 24.8 Å². The first kappa shape index (κ1) is 19.1. The van der Waals surface area contributed by atoms with Gasteiger partial charge in [-0.1, -0.05) is 30.8 Å². The number of thioether (sulfide) groups is 1. The normalized spacial score (nSPS) is 10.6. The van der Waals surface area contributed by atoms with Gasteiger partial charge in [-0.2, -0.15) is 0 Å². The Bertz CT molecular complexity index is 937. The van der Waals surface area contributed by atoms with E-state index in [2.05, 4.69) is 20.8 Å². The summed E-state index contributed by atoms with van der Waals surface area (Å²) in [6.07, 6.45) is 0.401. The van der Waals surface area contributed by atoms with Crippen molar-refractivity contribution in [2.75, 3.05) is 16.4 Å². The topological polar surface area (TPSA) is 88.9 Å². The Labute approximate surface area is 165 Å². The van der Waals surface area contributed by atoms with Crippen LogP contribution in [-0.4, -0.2) is 32.3 Å². The number of thiophene rings is 1. The number of hydrogen-bond acceptors (Lipinski definition) is 6. The first-order chi connectivity index (χ1) is 13.1. The Balaban J connectivity index is 1.58. The second-order valence-electron chi connectivity index (χ2n) is 5.66. The van der Waals surface area contributed by atoms with E-state index in [1.807, 2.05) is 29.1 Å². The fourth-order valence-corrected chi connectivity index (χ4v) is 3.77. The van der Waals surface area contributed by atoms with Crippen LogP contribution in [0.4, 0.5) is 11.4 Å². The molecule has 0 saturated heterocycles. The molecule has 2 heterocycles. The molecule has 2 aromatic heterocycles. The Morgan fingerprint density at radius 3 is 2.52 bits per heavy atom. The quantitative estimate of drug-likeness (QED) is 0.590. The highest BCUT2D eigenvalue weighted by Gasteiger charge is 2.13. The van der Waals surface area contributed by atoms with Gasteiger partial charge in [-0.05, 0) is 29.6 Å². The molecule has 9 heteroatoms. The number of amides is 2. The van der Waals surface area contributed by atoms with Gasteiger partial charge in [0.05, 0.1) is 10.6 Å². The number of carbonyl (C=O) groups is 2. The molecular weight excluding hydrogens is 382 g/mol. The molecular formula is C18H19N5O2S2. The molecule has 0 fully saturated rings. The Hall–Kier alpha value is -2.65. The average molecular weight is 402 g/mol. The smallest absolute Gasteiger partial charge is 0.234 e. The summed E-state index contributed by atoms with van der Waals surface area (Å²) in [7, 11) is 1.88. The van der Waals surface area contributed by atoms with E-state index >= 15 is 0 Å². The Morgan fingerprint density at radius 1 is 1.11 bits per heavy atom. The van der Waals surface area contributed by atoms with Crippen LogP contribution in [0.3, 0.4) is 0 Å². The molecule has 2 amide bonds. The molecule has 3 rings (SSSR count). The van der Waals surface area contributed by atoms with E-state index in [1.165, 1.54) is 11.8 Å². The molecule has 0 aliphatic heterocycles. The molecule has 7 nitrogen and oxygen atoms in total. The van der Waals surface area contributed by atoms with Gasteiger partial charge in [-0.3, -0.25) is 9.59 Å². The summed E-state index contributed by atoms with van der Waals surface area (Å²) in [6.45, 7) is 1.79. The van der Waals surface area contributed by atoms with E-state index in [4.69, 9.17) is 0 Å². The minimum Gasteiger partial charge on any atom is -0.326 e. The maximum Gasteiger partial charge on any atom is 0.234 e. The zero-order chi connectivity index (χ0) is 19.2. The number of hydrogen-bond donors (Lipinski definition) is 2. The third kappa shape index (κ3) is 4.95. The monoisotopic (exact) mass is 401 g/mol. The lowest BCUT2D eigenvalue weighted by molar-refractivity contribution is -0.116. The average Bonchev–Trinajstić information content (AvgIpc) is 3.30. The molecule has 0 atom stereocenters. The number of anilines is 2. The molecule has 1 aromatic carbocycles. The minimum atomic E-state index is -0.153. The van der Waals surface area contributed by atoms with Crippen molar-refractivity contribution >= 4 is 46.3 Å². The predicted octanol–water partition coefficient (Wildman–Crippen LogP) is 3.62. The fraction of sp³-hybridized carbons (Fsp3) is 0.222. The van der Waals surface area contributed by atoms with Crippen LogP contribution >= 0.6 is 23.1 Å². The number of carbonyl (C=O) groups excluding carboxylic acids is 2. The summed E-state index contributed by atoms with van der Waals surface area (Å²) in [5, 5.41) is 16.6. The highest BCUT2D eigenvalue weighted by molar-refractivity contribution is 7.99. The standard InChI is InChI=1S/C18H19N5O2S2/c1-3-15(24)19-12-6-4-7-13(10-12)20-16(25)11-27-18-22-21-17(23(18)2)14-8-5-9-26-14/h4-10H,3,11H2,1-2H3,(H,19,24)(H,20,25). The van der Waals surface area contributed by atoms with Crippen molar-refractivity contribution in [3.63, 3.8) is 0 Å². The number of benzene rings is 1. The maximum absolute atomic E-state index is 12.2. The summed E-state index contributed by atoms with van der Waals surface area (Å²) >= 11 is 2.92. The SMILES string of the molecule is CCC(=O)Nc1cccc(NC(=O)CSc2nnc(-c3cccs3)n2C)c1. The third-order valence-electron chi connectivity index (χ3n) is 3.66. The van der Waals surface area contributed by atoms with Gasteiger partial charge < -0.3 is 15.2 Å². The van der Waals surface area contributed by atoms with E-state index in [0.717, 1.165) is 10.7 Å². The zero-order valence-electron chi connectivity index (χ0n) is 14.9. The van der Waals surface area contributed by atoms with Gasteiger partial charge in [-0.25, -0.2) is 0 Å². The number of rotatable bonds is 7. The second-order valence-corrected chi connectivity index (χ2v) is 7.55. The van der Waals surface area contributed by atoms with Crippen molar-refractivity contribution in [3.8, 4) is 10.7 Å². The van der Waals surface area contributed by atoms with Gasteiger partial charge in [0.2, 0.25) is 11.8 Å². The third-order valence-corrected chi connectivity index (χ3v) is 5.55. The van der Waals surface area contributed by atoms with E-state index < -0.39 is 0 Å². The van der Waals surface area contributed by atoms with Crippen LogP contribution in [0, 0.1) is 0 Å². The molecule has 0 spiro atoms. The van der Waals surface area contributed by atoms with Crippen LogP contribution in [0.2, 0.25) is 0 Å². The highest BCUT2D eigenvalue weighted by atomic mass is 32.2. The van der Waals surface area contributed by atoms with Gasteiger partial charge in [0.1, 0.15) is 0 Å². The molecule has 0 bridgehead atoms. The number of nitrogens with zero attached hydrogens (tertiary/aromatic N) is 3. The molecule has 0 saturated carbocycles. The van der Waals surface area contributed by atoms with Gasteiger partial charge in [0.25, 0.3) is 0 Å². The van der Waals surface area contributed by atoms with Crippen molar-refractivity contribution in [2.45, 2.75) is 18.5 Å². The van der Waals surface area contributed by atoms with E-state index in [9.17, 15) is 9.59 Å². The van der Waals surface area contributed by atoms with Crippen molar-refractivity contribution in [2.24, 2.45) is 7.05 Å². The van der Waals surface area contributed by atoms with Crippen LogP contribution in [0.25, 0.3) is 10.7 Å². The van der Waals surface area contributed by atoms with Crippen LogP contribution < -0.4 is 10.6 Å². The number of aromatic nitrogens is 3. The molecule has 27 heavy (non-hydrogen) atoms. The molecule has 140 valence electrons. The summed E-state index contributed by atoms with van der Waals surface area (Å²) in [5.41, 5.74) is 1.29. The lowest BCUT2D eigenvalue weighted by Crippen LogP contribution is -2.15. The fourth-order valence-electron chi connectivity index (χ4n) is 2.31. The Kier molecular flexibility index (Phi) is 6.25. The highest BCUT2D eigenvalue weighted by Crippen LogP contribution is 2.26. The van der Waals surface area contributed by atoms with Crippen molar-refractivity contribution < 1.29 is 9.59 Å². The predicted molar refractivity (Wildman–Crippen MR) is 109 cm³/mol. The van der Waals surface area contributed by atoms with Crippen molar-refractivity contribution in [1.29, 1.82) is 0 Å². The van der Waals surface area contributed by atoms with Crippen molar-refractivity contribution in [3.05, 3.63) is 41.8 Å². The van der Waals surface area contributed by atoms with Crippen LogP contribution in [-0.2, 0) is 16.6 Å². The molecule has 0 radical (unpaired) electrons. The first-order valence-electron chi connectivity index (χ1n) is 8.32. The summed E-state index contributed by atoms with van der Waals surface area (Å²) in [4.78, 5) is 24.8. The van der Waals surface area contributed by atoms with E-state index in [-0.39, 0.29) is 17.6 Å². The molecule has 2 N–H and O–H groups in total. The molecule has 0 aliphatic rings. The summed E-state index contributed by atoms with van der Waals surface area (Å²) in [6, 6.07) is 11.0. The van der Waals surface area contributed by atoms with E-state index in [1.54, 1.807) is 42.5 Å². The first-order valence-corrected chi connectivity index (χ1v) is 10.2. The lowest BCUT2D eigenvalue weighted by Gasteiger charge is -2.08. The minimum absolute atomic E-state index is 0.0714. The van der Waals surface area contributed by atoms with Crippen LogP contribution in [0.15, 0.2) is 46.9 Å². The number of nitrogens with one attached hydrogen (secondary N) is 2. The van der Waals surface area contributed by atoms with Gasteiger partial charge in [0.15, 0.2) is 11.0 Å². The molecule has 0 unspecified atom stereocenters. The Morgan fingerprint density at radius 2 is 1.85 bits per heavy atom. The molecule has 0 aliphatic carbocycles. The van der Waals surface area contributed by atoms with E-state index in [0.29, 0.717) is 23.0 Å².